The molecule has 1 amide bonds. The lowest BCUT2D eigenvalue weighted by molar-refractivity contribution is -0.105. The number of anilines is 1. The topological polar surface area (TPSA) is 83.6 Å². The summed E-state index contributed by atoms with van der Waals surface area (Å²) in [5.74, 6) is -0.502. The summed E-state index contributed by atoms with van der Waals surface area (Å²) in [4.78, 5) is 19.9. The minimum atomic E-state index is -0.502. The highest BCUT2D eigenvalue weighted by Crippen LogP contribution is 2.39. The van der Waals surface area contributed by atoms with Crippen LogP contribution in [0.5, 0.6) is 0 Å². The largest absolute Gasteiger partial charge is 0.305 e. The van der Waals surface area contributed by atoms with Gasteiger partial charge in [-0.1, -0.05) is 22.9 Å². The minimum absolute atomic E-state index is 0.00371. The van der Waals surface area contributed by atoms with Gasteiger partial charge in [0.2, 0.25) is 6.41 Å². The molecule has 0 unspecified atom stereocenters. The number of aromatic nitrogens is 4. The number of amides is 1. The molecule has 120 valence electrons. The van der Waals surface area contributed by atoms with E-state index in [2.05, 4.69) is 25.5 Å². The summed E-state index contributed by atoms with van der Waals surface area (Å²) in [6.07, 6.45) is 2.15. The van der Waals surface area contributed by atoms with Crippen LogP contribution < -0.4 is 5.32 Å². The van der Waals surface area contributed by atoms with Crippen LogP contribution in [0.3, 0.4) is 0 Å². The van der Waals surface area contributed by atoms with Crippen molar-refractivity contribution < 1.29 is 9.18 Å². The van der Waals surface area contributed by atoms with Gasteiger partial charge in [0, 0.05) is 16.5 Å². The van der Waals surface area contributed by atoms with Gasteiger partial charge in [0.15, 0.2) is 5.13 Å². The molecule has 0 aliphatic carbocycles. The van der Waals surface area contributed by atoms with Crippen LogP contribution in [0.4, 0.5) is 9.52 Å². The van der Waals surface area contributed by atoms with Crippen LogP contribution >= 0.6 is 22.9 Å². The van der Waals surface area contributed by atoms with E-state index in [-0.39, 0.29) is 5.02 Å². The van der Waals surface area contributed by atoms with Crippen molar-refractivity contribution >= 4 is 55.7 Å². The number of carbonyl (C=O) groups excluding carboxylic acids is 1. The number of benzene rings is 1. The van der Waals surface area contributed by atoms with Crippen LogP contribution in [0.15, 0.2) is 18.3 Å². The first-order valence-corrected chi connectivity index (χ1v) is 8.08. The van der Waals surface area contributed by atoms with Crippen LogP contribution in [-0.4, -0.2) is 26.6 Å². The smallest absolute Gasteiger partial charge is 0.213 e. The third-order valence-electron chi connectivity index (χ3n) is 3.72. The minimum Gasteiger partial charge on any atom is -0.305 e. The van der Waals surface area contributed by atoms with Crippen molar-refractivity contribution in [3.63, 3.8) is 0 Å². The molecule has 24 heavy (non-hydrogen) atoms. The van der Waals surface area contributed by atoms with E-state index in [0.29, 0.717) is 49.6 Å². The number of pyridine rings is 1. The highest BCUT2D eigenvalue weighted by molar-refractivity contribution is 7.21. The maximum Gasteiger partial charge on any atom is 0.213 e. The van der Waals surface area contributed by atoms with E-state index in [1.54, 1.807) is 25.3 Å². The molecular weight excluding hydrogens is 353 g/mol. The Balaban J connectivity index is 1.99. The van der Waals surface area contributed by atoms with Crippen molar-refractivity contribution in [1.29, 1.82) is 0 Å². The van der Waals surface area contributed by atoms with Gasteiger partial charge in [0.05, 0.1) is 22.4 Å². The zero-order valence-electron chi connectivity index (χ0n) is 12.2. The van der Waals surface area contributed by atoms with E-state index in [1.807, 2.05) is 0 Å². The first-order chi connectivity index (χ1) is 11.6. The van der Waals surface area contributed by atoms with Crippen molar-refractivity contribution in [3.8, 4) is 11.3 Å². The van der Waals surface area contributed by atoms with E-state index in [0.717, 1.165) is 0 Å². The van der Waals surface area contributed by atoms with Gasteiger partial charge in [-0.2, -0.15) is 5.10 Å². The van der Waals surface area contributed by atoms with Gasteiger partial charge in [-0.15, -0.1) is 0 Å². The average Bonchev–Trinajstić information content (AvgIpc) is 3.19. The number of nitrogens with zero attached hydrogens (tertiary/aromatic N) is 3. The third kappa shape index (κ3) is 2.15. The molecule has 0 aliphatic rings. The fraction of sp³-hybridized carbons (Fsp3) is 0.0667. The quantitative estimate of drug-likeness (QED) is 0.542. The first-order valence-electron chi connectivity index (χ1n) is 6.89. The summed E-state index contributed by atoms with van der Waals surface area (Å²) in [6.45, 7) is 1.64. The highest BCUT2D eigenvalue weighted by atomic mass is 35.5. The second-order valence-corrected chi connectivity index (χ2v) is 6.44. The van der Waals surface area contributed by atoms with Gasteiger partial charge in [0.25, 0.3) is 0 Å². The summed E-state index contributed by atoms with van der Waals surface area (Å²) in [5, 5.41) is 10.4. The summed E-state index contributed by atoms with van der Waals surface area (Å²) >= 11 is 7.47. The van der Waals surface area contributed by atoms with Crippen molar-refractivity contribution in [2.24, 2.45) is 0 Å². The Morgan fingerprint density at radius 1 is 1.38 bits per heavy atom. The first kappa shape index (κ1) is 15.0. The Morgan fingerprint density at radius 3 is 3.00 bits per heavy atom. The van der Waals surface area contributed by atoms with E-state index in [1.165, 1.54) is 11.3 Å². The van der Waals surface area contributed by atoms with Crippen LogP contribution in [0.1, 0.15) is 5.56 Å². The highest BCUT2D eigenvalue weighted by Gasteiger charge is 2.20. The molecule has 0 aliphatic heterocycles. The molecule has 0 bridgehead atoms. The number of nitrogens with one attached hydrogen (secondary N) is 2. The number of thiazole rings is 1. The molecular formula is C15H9ClFN5OS. The lowest BCUT2D eigenvalue weighted by Gasteiger charge is -2.09. The van der Waals surface area contributed by atoms with Crippen molar-refractivity contribution in [1.82, 2.24) is 20.2 Å². The summed E-state index contributed by atoms with van der Waals surface area (Å²) < 4.78 is 14.4. The summed E-state index contributed by atoms with van der Waals surface area (Å²) in [6, 6.07) is 3.47. The van der Waals surface area contributed by atoms with Crippen molar-refractivity contribution in [3.05, 3.63) is 34.7 Å². The van der Waals surface area contributed by atoms with Gasteiger partial charge in [-0.3, -0.25) is 9.89 Å². The molecule has 3 heterocycles. The number of rotatable bonds is 3. The Bertz CT molecular complexity index is 1110. The van der Waals surface area contributed by atoms with E-state index >= 15 is 0 Å². The zero-order valence-corrected chi connectivity index (χ0v) is 13.8. The Morgan fingerprint density at radius 2 is 2.21 bits per heavy atom. The molecule has 2 N–H and O–H groups in total. The monoisotopic (exact) mass is 361 g/mol. The fourth-order valence-corrected chi connectivity index (χ4v) is 3.72. The van der Waals surface area contributed by atoms with Crippen molar-refractivity contribution in [2.45, 2.75) is 6.92 Å². The lowest BCUT2D eigenvalue weighted by atomic mass is 10.0. The second kappa shape index (κ2) is 5.50. The Hall–Kier alpha value is -2.58. The predicted octanol–water partition coefficient (Wildman–Crippen LogP) is 3.90. The summed E-state index contributed by atoms with van der Waals surface area (Å²) in [5.41, 5.74) is 2.62. The van der Waals surface area contributed by atoms with Crippen LogP contribution in [0.2, 0.25) is 5.02 Å². The van der Waals surface area contributed by atoms with Gasteiger partial charge in [0.1, 0.15) is 16.2 Å². The van der Waals surface area contributed by atoms with Gasteiger partial charge in [-0.05, 0) is 19.1 Å². The van der Waals surface area contributed by atoms with E-state index in [4.69, 9.17) is 11.6 Å². The SMILES string of the molecule is Cc1c(F)c(Cl)c(-c2ccc3nc(NC=O)sc3n2)c2cn[nH]c12. The number of hydrogen-bond donors (Lipinski definition) is 2. The van der Waals surface area contributed by atoms with Crippen molar-refractivity contribution in [2.75, 3.05) is 5.32 Å². The van der Waals surface area contributed by atoms with Crippen LogP contribution in [0, 0.1) is 12.7 Å². The molecule has 0 radical (unpaired) electrons. The molecule has 4 rings (SSSR count). The molecule has 0 saturated carbocycles. The number of carbonyl (C=O) groups is 1. The molecule has 1 aromatic carbocycles. The molecule has 3 aromatic heterocycles. The maximum absolute atomic E-state index is 14.4. The molecule has 0 spiro atoms. The number of hydrogen-bond acceptors (Lipinski definition) is 5. The predicted molar refractivity (Wildman–Crippen MR) is 91.9 cm³/mol. The number of fused-ring (bicyclic) bond motifs is 2. The number of aromatic amines is 1. The molecule has 4 aromatic rings. The second-order valence-electron chi connectivity index (χ2n) is 5.09. The fourth-order valence-electron chi connectivity index (χ4n) is 2.58. The van der Waals surface area contributed by atoms with Gasteiger partial charge < -0.3 is 5.32 Å². The number of aryl methyl sites for hydroxylation is 1. The number of halogens is 2. The summed E-state index contributed by atoms with van der Waals surface area (Å²) in [7, 11) is 0. The number of H-pyrrole nitrogens is 1. The molecule has 0 atom stereocenters. The van der Waals surface area contributed by atoms with Gasteiger partial charge in [-0.25, -0.2) is 14.4 Å². The van der Waals surface area contributed by atoms with Crippen LogP contribution in [-0.2, 0) is 4.79 Å². The standard InChI is InChI=1S/C15H9ClFN5OS/c1-6-12(17)11(16)10(7-4-19-22-13(6)7)8-2-3-9-14(20-8)24-15(21-9)18-5-23/h2-5H,1H3,(H,19,22)(H,18,21,23). The van der Waals surface area contributed by atoms with E-state index in [9.17, 15) is 9.18 Å². The van der Waals surface area contributed by atoms with Gasteiger partial charge >= 0.3 is 0 Å². The van der Waals surface area contributed by atoms with E-state index < -0.39 is 5.82 Å². The molecule has 0 fully saturated rings. The zero-order chi connectivity index (χ0) is 16.8. The third-order valence-corrected chi connectivity index (χ3v) is 4.97. The Kier molecular flexibility index (Phi) is 3.43. The molecule has 6 nitrogen and oxygen atoms in total. The molecule has 9 heteroatoms. The normalized spacial score (nSPS) is 11.3. The lowest BCUT2D eigenvalue weighted by Crippen LogP contribution is -1.93. The average molecular weight is 362 g/mol. The van der Waals surface area contributed by atoms with Crippen LogP contribution in [0.25, 0.3) is 32.5 Å². The maximum atomic E-state index is 14.4. The Labute approximate surface area is 143 Å². The molecule has 0 saturated heterocycles.